The van der Waals surface area contributed by atoms with Crippen LogP contribution in [0.15, 0.2) is 122 Å². The first kappa shape index (κ1) is 75.8. The average Bonchev–Trinajstić information content (AvgIpc) is 3.46. The summed E-state index contributed by atoms with van der Waals surface area (Å²) < 4.78 is 16.9. The first-order chi connectivity index (χ1) is 39.5. The number of hydrogen-bond donors (Lipinski definition) is 0. The lowest BCUT2D eigenvalue weighted by Gasteiger charge is -2.18. The van der Waals surface area contributed by atoms with Crippen molar-refractivity contribution in [2.45, 2.75) is 316 Å². The summed E-state index contributed by atoms with van der Waals surface area (Å²) in [6.45, 7) is 6.51. The van der Waals surface area contributed by atoms with Crippen molar-refractivity contribution in [2.24, 2.45) is 0 Å². The van der Waals surface area contributed by atoms with Crippen LogP contribution < -0.4 is 0 Å². The molecule has 0 aromatic rings. The Balaban J connectivity index is 4.34. The van der Waals surface area contributed by atoms with E-state index < -0.39 is 6.10 Å². The van der Waals surface area contributed by atoms with Crippen LogP contribution in [0.3, 0.4) is 0 Å². The van der Waals surface area contributed by atoms with Gasteiger partial charge in [0, 0.05) is 19.3 Å². The van der Waals surface area contributed by atoms with Crippen LogP contribution in [0, 0.1) is 0 Å². The van der Waals surface area contributed by atoms with Crippen molar-refractivity contribution < 1.29 is 28.6 Å². The largest absolute Gasteiger partial charge is 0.462 e. The van der Waals surface area contributed by atoms with E-state index in [0.29, 0.717) is 19.3 Å². The van der Waals surface area contributed by atoms with E-state index in [1.165, 1.54) is 135 Å². The molecule has 0 aliphatic carbocycles. The molecule has 1 unspecified atom stereocenters. The van der Waals surface area contributed by atoms with Crippen molar-refractivity contribution in [1.82, 2.24) is 0 Å². The average molecular weight is 1110 g/mol. The number of carbonyl (C=O) groups excluding carboxylic acids is 3. The summed E-state index contributed by atoms with van der Waals surface area (Å²) in [7, 11) is 0. The molecule has 0 saturated carbocycles. The van der Waals surface area contributed by atoms with E-state index in [2.05, 4.69) is 142 Å². The minimum atomic E-state index is -0.791. The third kappa shape index (κ3) is 64.6. The summed E-state index contributed by atoms with van der Waals surface area (Å²) in [5, 5.41) is 0. The number of hydrogen-bond acceptors (Lipinski definition) is 6. The van der Waals surface area contributed by atoms with Crippen molar-refractivity contribution >= 4 is 17.9 Å². The quantitative estimate of drug-likeness (QED) is 0.0261. The van der Waals surface area contributed by atoms with Crippen LogP contribution in [0.1, 0.15) is 310 Å². The second-order valence-electron chi connectivity index (χ2n) is 22.0. The smallest absolute Gasteiger partial charge is 0.306 e. The van der Waals surface area contributed by atoms with Crippen molar-refractivity contribution in [3.05, 3.63) is 122 Å². The SMILES string of the molecule is CC/C=C\C/C=C\C/C=C\C/C=C\C/C=C\C/C=C\C/C=C\C/C=C\CCCCCCCCC(=O)OCC(COC(=O)CCCCCCCCCCCCCCCC)OC(=O)CCCCCCCCC/C=C\C/C=C\CCCCC. The first-order valence-corrected chi connectivity index (χ1v) is 33.5. The van der Waals surface area contributed by atoms with Crippen molar-refractivity contribution in [2.75, 3.05) is 13.2 Å². The number of unbranched alkanes of at least 4 members (excludes halogenated alkanes) is 29. The summed E-state index contributed by atoms with van der Waals surface area (Å²) in [6, 6.07) is 0. The molecule has 0 radical (unpaired) electrons. The van der Waals surface area contributed by atoms with Crippen LogP contribution in [0.4, 0.5) is 0 Å². The van der Waals surface area contributed by atoms with Gasteiger partial charge >= 0.3 is 17.9 Å². The number of allylic oxidation sites excluding steroid dienone is 20. The van der Waals surface area contributed by atoms with Gasteiger partial charge in [0.2, 0.25) is 0 Å². The fraction of sp³-hybridized carbons (Fsp3) is 0.689. The van der Waals surface area contributed by atoms with Gasteiger partial charge in [-0.2, -0.15) is 0 Å². The molecule has 0 aliphatic heterocycles. The molecule has 0 rings (SSSR count). The highest BCUT2D eigenvalue weighted by atomic mass is 16.6. The fourth-order valence-corrected chi connectivity index (χ4v) is 9.20. The summed E-state index contributed by atoms with van der Waals surface area (Å²) in [5.41, 5.74) is 0. The van der Waals surface area contributed by atoms with Gasteiger partial charge in [0.25, 0.3) is 0 Å². The Morgan fingerprint density at radius 2 is 0.487 bits per heavy atom. The molecule has 80 heavy (non-hydrogen) atoms. The molecule has 0 saturated heterocycles. The predicted molar refractivity (Wildman–Crippen MR) is 348 cm³/mol. The molecule has 456 valence electrons. The Morgan fingerprint density at radius 1 is 0.263 bits per heavy atom. The molecular weight excluding hydrogens is 985 g/mol. The van der Waals surface area contributed by atoms with E-state index >= 15 is 0 Å². The molecule has 0 aromatic carbocycles. The Labute approximate surface area is 494 Å². The zero-order chi connectivity index (χ0) is 57.8. The van der Waals surface area contributed by atoms with Crippen molar-refractivity contribution in [1.29, 1.82) is 0 Å². The molecule has 0 spiro atoms. The van der Waals surface area contributed by atoms with Crippen LogP contribution in [0.25, 0.3) is 0 Å². The Hall–Kier alpha value is -4.19. The highest BCUT2D eigenvalue weighted by Crippen LogP contribution is 2.16. The lowest BCUT2D eigenvalue weighted by Crippen LogP contribution is -2.30. The summed E-state index contributed by atoms with van der Waals surface area (Å²) in [4.78, 5) is 38.4. The maximum absolute atomic E-state index is 12.9. The molecule has 0 amide bonds. The van der Waals surface area contributed by atoms with E-state index in [0.717, 1.165) is 135 Å². The summed E-state index contributed by atoms with van der Waals surface area (Å²) in [6.07, 6.45) is 93.4. The Morgan fingerprint density at radius 3 is 0.787 bits per heavy atom. The van der Waals surface area contributed by atoms with Crippen LogP contribution in [-0.2, 0) is 28.6 Å². The minimum absolute atomic E-state index is 0.0850. The van der Waals surface area contributed by atoms with E-state index in [1.807, 2.05) is 0 Å². The highest BCUT2D eigenvalue weighted by molar-refractivity contribution is 5.71. The Bertz CT molecular complexity index is 1650. The van der Waals surface area contributed by atoms with Gasteiger partial charge in [-0.05, 0) is 116 Å². The molecule has 0 N–H and O–H groups in total. The van der Waals surface area contributed by atoms with Gasteiger partial charge in [-0.15, -0.1) is 0 Å². The standard InChI is InChI=1S/C74H124O6/c1-4-7-10-13-16-19-22-25-28-30-31-32-33-34-35-36-37-38-39-40-41-42-43-45-46-49-52-55-58-61-64-67-73(76)79-70-71(69-78-72(75)66-63-60-57-54-51-48-27-24-21-18-15-12-9-6-3)80-74(77)68-65-62-59-56-53-50-47-44-29-26-23-20-17-14-11-8-5-2/h7,10,16-17,19-20,25-26,28-29,31-32,34-35,37-38,40-41,43,45,71H,4-6,8-9,11-15,18,21-24,27,30,33,36,39,42,44,46-70H2,1-3H3/b10-7-,19-16-,20-17-,28-25-,29-26-,32-31-,35-34-,38-37-,41-40-,45-43-. The third-order valence-corrected chi connectivity index (χ3v) is 14.2. The van der Waals surface area contributed by atoms with E-state index in [4.69, 9.17) is 14.2 Å². The number of ether oxygens (including phenoxy) is 3. The molecule has 1 atom stereocenters. The normalized spacial score (nSPS) is 12.9. The van der Waals surface area contributed by atoms with Gasteiger partial charge in [0.15, 0.2) is 6.10 Å². The summed E-state index contributed by atoms with van der Waals surface area (Å²) >= 11 is 0. The molecule has 0 heterocycles. The second kappa shape index (κ2) is 67.3. The predicted octanol–water partition coefficient (Wildman–Crippen LogP) is 23.2. The molecule has 6 heteroatoms. The van der Waals surface area contributed by atoms with Crippen molar-refractivity contribution in [3.63, 3.8) is 0 Å². The monoisotopic (exact) mass is 1110 g/mol. The molecule has 0 bridgehead atoms. The van der Waals surface area contributed by atoms with E-state index in [9.17, 15) is 14.4 Å². The fourth-order valence-electron chi connectivity index (χ4n) is 9.20. The molecule has 0 aromatic heterocycles. The molecule has 0 fully saturated rings. The lowest BCUT2D eigenvalue weighted by atomic mass is 10.0. The number of esters is 3. The molecular formula is C74H124O6. The van der Waals surface area contributed by atoms with E-state index in [-0.39, 0.29) is 31.1 Å². The molecule has 0 aliphatic rings. The van der Waals surface area contributed by atoms with Crippen LogP contribution in [0.5, 0.6) is 0 Å². The van der Waals surface area contributed by atoms with Gasteiger partial charge < -0.3 is 14.2 Å². The second-order valence-corrected chi connectivity index (χ2v) is 22.0. The topological polar surface area (TPSA) is 78.9 Å². The summed E-state index contributed by atoms with van der Waals surface area (Å²) in [5.74, 6) is -0.899. The van der Waals surface area contributed by atoms with Crippen LogP contribution in [-0.4, -0.2) is 37.2 Å². The van der Waals surface area contributed by atoms with E-state index in [1.54, 1.807) is 0 Å². The lowest BCUT2D eigenvalue weighted by molar-refractivity contribution is -0.167. The third-order valence-electron chi connectivity index (χ3n) is 14.2. The first-order valence-electron chi connectivity index (χ1n) is 33.5. The highest BCUT2D eigenvalue weighted by Gasteiger charge is 2.19. The van der Waals surface area contributed by atoms with Gasteiger partial charge in [0.1, 0.15) is 13.2 Å². The zero-order valence-electron chi connectivity index (χ0n) is 52.3. The zero-order valence-corrected chi connectivity index (χ0v) is 52.3. The Kier molecular flexibility index (Phi) is 63.8. The van der Waals surface area contributed by atoms with Crippen LogP contribution >= 0.6 is 0 Å². The van der Waals surface area contributed by atoms with Crippen LogP contribution in [0.2, 0.25) is 0 Å². The maximum atomic E-state index is 12.9. The minimum Gasteiger partial charge on any atom is -0.462 e. The maximum Gasteiger partial charge on any atom is 0.306 e. The van der Waals surface area contributed by atoms with Crippen molar-refractivity contribution in [3.8, 4) is 0 Å². The van der Waals surface area contributed by atoms with Gasteiger partial charge in [0.05, 0.1) is 0 Å². The molecule has 6 nitrogen and oxygen atoms in total. The number of carbonyl (C=O) groups is 3. The van der Waals surface area contributed by atoms with Gasteiger partial charge in [-0.3, -0.25) is 14.4 Å². The number of rotatable bonds is 60. The van der Waals surface area contributed by atoms with Gasteiger partial charge in [-0.1, -0.05) is 296 Å². The van der Waals surface area contributed by atoms with Gasteiger partial charge in [-0.25, -0.2) is 0 Å².